The number of rotatable bonds is 3. The molecule has 0 amide bonds. The topological polar surface area (TPSA) is 58.7 Å². The highest BCUT2D eigenvalue weighted by atomic mass is 19.1. The Morgan fingerprint density at radius 1 is 1.50 bits per heavy atom. The van der Waals surface area contributed by atoms with Gasteiger partial charge in [-0.15, -0.1) is 0 Å². The summed E-state index contributed by atoms with van der Waals surface area (Å²) in [6, 6.07) is 2.24. The van der Waals surface area contributed by atoms with Gasteiger partial charge in [-0.25, -0.2) is 9.38 Å². The molecule has 0 radical (unpaired) electrons. The van der Waals surface area contributed by atoms with Gasteiger partial charge in [0.1, 0.15) is 11.5 Å². The van der Waals surface area contributed by atoms with Gasteiger partial charge in [-0.05, 0) is 13.0 Å². The lowest BCUT2D eigenvalue weighted by molar-refractivity contribution is -0.385. The fraction of sp³-hybridized carbons (Fsp3) is 0.300. The second-order valence-electron chi connectivity index (χ2n) is 3.56. The molecule has 0 aliphatic heterocycles. The van der Waals surface area contributed by atoms with Crippen molar-refractivity contribution in [2.75, 3.05) is 14.1 Å². The maximum atomic E-state index is 13.4. The fourth-order valence-corrected chi connectivity index (χ4v) is 1.12. The van der Waals surface area contributed by atoms with Crippen LogP contribution in [0, 0.1) is 22.9 Å². The van der Waals surface area contributed by atoms with Crippen LogP contribution in [0.5, 0.6) is 0 Å². The zero-order chi connectivity index (χ0) is 12.3. The van der Waals surface area contributed by atoms with Crippen molar-refractivity contribution in [3.05, 3.63) is 33.6 Å². The van der Waals surface area contributed by atoms with E-state index in [9.17, 15) is 14.5 Å². The lowest BCUT2D eigenvalue weighted by atomic mass is 10.2. The van der Waals surface area contributed by atoms with Crippen LogP contribution in [0.4, 0.5) is 15.8 Å². The van der Waals surface area contributed by atoms with Gasteiger partial charge in [-0.2, -0.15) is 0 Å². The molecule has 1 rings (SSSR count). The SMILES string of the molecule is Cc1cc(F)c(/N=C/N(C)C)cc1[N+](=O)[O-]. The van der Waals surface area contributed by atoms with Gasteiger partial charge < -0.3 is 4.90 Å². The zero-order valence-corrected chi connectivity index (χ0v) is 9.27. The van der Waals surface area contributed by atoms with Crippen molar-refractivity contribution in [1.82, 2.24) is 4.90 Å². The van der Waals surface area contributed by atoms with Crippen LogP contribution in [0.1, 0.15) is 5.56 Å². The van der Waals surface area contributed by atoms with Crippen LogP contribution < -0.4 is 0 Å². The molecule has 0 spiro atoms. The zero-order valence-electron chi connectivity index (χ0n) is 9.27. The molecule has 0 bridgehead atoms. The molecule has 1 aromatic carbocycles. The van der Waals surface area contributed by atoms with E-state index in [1.165, 1.54) is 13.3 Å². The third-order valence-electron chi connectivity index (χ3n) is 1.89. The summed E-state index contributed by atoms with van der Waals surface area (Å²) in [5.74, 6) is -0.568. The molecular formula is C10H12FN3O2. The molecule has 0 aliphatic rings. The number of nitrogens with zero attached hydrogens (tertiary/aromatic N) is 3. The second-order valence-corrected chi connectivity index (χ2v) is 3.56. The van der Waals surface area contributed by atoms with Crippen molar-refractivity contribution in [3.63, 3.8) is 0 Å². The molecule has 0 saturated heterocycles. The molecule has 16 heavy (non-hydrogen) atoms. The highest BCUT2D eigenvalue weighted by Gasteiger charge is 2.14. The first-order chi connectivity index (χ1) is 7.41. The largest absolute Gasteiger partial charge is 0.369 e. The Morgan fingerprint density at radius 2 is 2.12 bits per heavy atom. The molecule has 1 aromatic rings. The minimum Gasteiger partial charge on any atom is -0.369 e. The van der Waals surface area contributed by atoms with Crippen molar-refractivity contribution in [2.24, 2.45) is 4.99 Å². The summed E-state index contributed by atoms with van der Waals surface area (Å²) in [5, 5.41) is 10.6. The predicted octanol–water partition coefficient (Wildman–Crippen LogP) is 2.26. The highest BCUT2D eigenvalue weighted by molar-refractivity contribution is 5.63. The Labute approximate surface area is 92.4 Å². The van der Waals surface area contributed by atoms with Gasteiger partial charge in [0, 0.05) is 25.7 Å². The van der Waals surface area contributed by atoms with E-state index in [2.05, 4.69) is 4.99 Å². The fourth-order valence-electron chi connectivity index (χ4n) is 1.12. The van der Waals surface area contributed by atoms with Crippen LogP contribution in [-0.4, -0.2) is 30.3 Å². The number of hydrogen-bond acceptors (Lipinski definition) is 3. The Bertz CT molecular complexity index is 444. The standard InChI is InChI=1S/C10H12FN3O2/c1-7-4-8(11)9(12-6-13(2)3)5-10(7)14(15)16/h4-6H,1-3H3/b12-6+. The number of aryl methyl sites for hydroxylation is 1. The summed E-state index contributed by atoms with van der Waals surface area (Å²) < 4.78 is 13.4. The van der Waals surface area contributed by atoms with Crippen molar-refractivity contribution >= 4 is 17.7 Å². The summed E-state index contributed by atoms with van der Waals surface area (Å²) in [4.78, 5) is 15.5. The van der Waals surface area contributed by atoms with E-state index in [0.717, 1.165) is 12.1 Å². The first-order valence-corrected chi connectivity index (χ1v) is 4.57. The van der Waals surface area contributed by atoms with Crippen LogP contribution >= 0.6 is 0 Å². The Morgan fingerprint density at radius 3 is 2.62 bits per heavy atom. The van der Waals surface area contributed by atoms with Crippen LogP contribution in [0.2, 0.25) is 0 Å². The van der Waals surface area contributed by atoms with Crippen molar-refractivity contribution in [3.8, 4) is 0 Å². The van der Waals surface area contributed by atoms with Gasteiger partial charge in [0.15, 0.2) is 0 Å². The highest BCUT2D eigenvalue weighted by Crippen LogP contribution is 2.27. The lowest BCUT2D eigenvalue weighted by Crippen LogP contribution is -2.07. The van der Waals surface area contributed by atoms with Gasteiger partial charge in [0.2, 0.25) is 0 Å². The number of aliphatic imine (C=N–C) groups is 1. The lowest BCUT2D eigenvalue weighted by Gasteiger charge is -2.04. The van der Waals surface area contributed by atoms with E-state index in [0.29, 0.717) is 0 Å². The van der Waals surface area contributed by atoms with Gasteiger partial charge in [0.05, 0.1) is 11.3 Å². The Balaban J connectivity index is 3.20. The summed E-state index contributed by atoms with van der Waals surface area (Å²) in [6.45, 7) is 1.49. The minimum atomic E-state index is -0.568. The van der Waals surface area contributed by atoms with E-state index in [1.54, 1.807) is 19.0 Å². The first kappa shape index (κ1) is 12.1. The van der Waals surface area contributed by atoms with E-state index in [1.807, 2.05) is 0 Å². The van der Waals surface area contributed by atoms with Gasteiger partial charge in [-0.3, -0.25) is 10.1 Å². The second kappa shape index (κ2) is 4.69. The van der Waals surface area contributed by atoms with Crippen molar-refractivity contribution in [1.29, 1.82) is 0 Å². The van der Waals surface area contributed by atoms with E-state index in [4.69, 9.17) is 0 Å². The molecule has 0 fully saturated rings. The molecule has 0 atom stereocenters. The number of benzene rings is 1. The molecule has 86 valence electrons. The third-order valence-corrected chi connectivity index (χ3v) is 1.89. The molecule has 0 aromatic heterocycles. The first-order valence-electron chi connectivity index (χ1n) is 4.57. The Hall–Kier alpha value is -1.98. The molecule has 5 nitrogen and oxygen atoms in total. The monoisotopic (exact) mass is 225 g/mol. The molecule has 0 N–H and O–H groups in total. The predicted molar refractivity (Wildman–Crippen MR) is 59.6 cm³/mol. The molecule has 0 unspecified atom stereocenters. The Kier molecular flexibility index (Phi) is 3.55. The normalized spacial score (nSPS) is 10.8. The molecule has 6 heteroatoms. The average molecular weight is 225 g/mol. The molecule has 0 heterocycles. The smallest absolute Gasteiger partial charge is 0.274 e. The van der Waals surface area contributed by atoms with Crippen LogP contribution in [0.25, 0.3) is 0 Å². The van der Waals surface area contributed by atoms with Crippen LogP contribution in [0.15, 0.2) is 17.1 Å². The quantitative estimate of drug-likeness (QED) is 0.343. The average Bonchev–Trinajstić information content (AvgIpc) is 2.15. The van der Waals surface area contributed by atoms with E-state index >= 15 is 0 Å². The van der Waals surface area contributed by atoms with E-state index in [-0.39, 0.29) is 16.9 Å². The van der Waals surface area contributed by atoms with Crippen LogP contribution in [0.3, 0.4) is 0 Å². The maximum absolute atomic E-state index is 13.4. The minimum absolute atomic E-state index is 0.0361. The molecule has 0 aliphatic carbocycles. The van der Waals surface area contributed by atoms with Crippen LogP contribution in [-0.2, 0) is 0 Å². The van der Waals surface area contributed by atoms with Crippen molar-refractivity contribution < 1.29 is 9.31 Å². The summed E-state index contributed by atoms with van der Waals surface area (Å²) in [5.41, 5.74) is 0.115. The van der Waals surface area contributed by atoms with Gasteiger partial charge in [0.25, 0.3) is 5.69 Å². The summed E-state index contributed by atoms with van der Waals surface area (Å²) >= 11 is 0. The molecular weight excluding hydrogens is 213 g/mol. The van der Waals surface area contributed by atoms with E-state index < -0.39 is 10.7 Å². The number of hydrogen-bond donors (Lipinski definition) is 0. The maximum Gasteiger partial charge on any atom is 0.274 e. The summed E-state index contributed by atoms with van der Waals surface area (Å²) in [6.07, 6.45) is 1.39. The summed E-state index contributed by atoms with van der Waals surface area (Å²) in [7, 11) is 3.45. The molecule has 0 saturated carbocycles. The number of nitro benzene ring substituents is 1. The van der Waals surface area contributed by atoms with Gasteiger partial charge in [-0.1, -0.05) is 0 Å². The number of nitro groups is 1. The van der Waals surface area contributed by atoms with Gasteiger partial charge >= 0.3 is 0 Å². The van der Waals surface area contributed by atoms with Crippen molar-refractivity contribution in [2.45, 2.75) is 6.92 Å². The third kappa shape index (κ3) is 2.75. The number of halogens is 1.